The number of likely N-dealkylation sites (N-methyl/N-ethyl adjacent to an activating group) is 2. The third kappa shape index (κ3) is 3.73. The summed E-state index contributed by atoms with van der Waals surface area (Å²) in [6.07, 6.45) is 6.93. The second kappa shape index (κ2) is 7.74. The van der Waals surface area contributed by atoms with E-state index in [0.29, 0.717) is 6.10 Å². The van der Waals surface area contributed by atoms with Gasteiger partial charge in [-0.25, -0.2) is 0 Å². The summed E-state index contributed by atoms with van der Waals surface area (Å²) in [5.74, 6) is 0. The van der Waals surface area contributed by atoms with Gasteiger partial charge in [0.1, 0.15) is 0 Å². The lowest BCUT2D eigenvalue weighted by molar-refractivity contribution is -0.0625. The molecule has 4 nitrogen and oxygen atoms in total. The molecule has 2 aliphatic rings. The van der Waals surface area contributed by atoms with Crippen LogP contribution in [0, 0.1) is 0 Å². The summed E-state index contributed by atoms with van der Waals surface area (Å²) in [5, 5.41) is 0. The molecule has 1 atom stereocenters. The lowest BCUT2D eigenvalue weighted by Crippen LogP contribution is -2.58. The van der Waals surface area contributed by atoms with Crippen LogP contribution in [0.4, 0.5) is 0 Å². The molecule has 0 bridgehead atoms. The molecule has 1 saturated carbocycles. The molecular formula is C16H33N3O. The molecule has 0 aromatic rings. The maximum Gasteiger partial charge on any atom is 0.0829 e. The highest BCUT2D eigenvalue weighted by atomic mass is 16.5. The fourth-order valence-electron chi connectivity index (χ4n) is 3.94. The van der Waals surface area contributed by atoms with Gasteiger partial charge in [-0.15, -0.1) is 0 Å². The average Bonchev–Trinajstić information content (AvgIpc) is 2.53. The fraction of sp³-hybridized carbons (Fsp3) is 1.00. The van der Waals surface area contributed by atoms with Crippen LogP contribution in [0.25, 0.3) is 0 Å². The number of rotatable bonds is 6. The summed E-state index contributed by atoms with van der Waals surface area (Å²) >= 11 is 0. The van der Waals surface area contributed by atoms with Gasteiger partial charge >= 0.3 is 0 Å². The molecule has 1 aliphatic heterocycles. The molecule has 0 spiro atoms. The smallest absolute Gasteiger partial charge is 0.0829 e. The largest absolute Gasteiger partial charge is 0.374 e. The number of morpholine rings is 1. The van der Waals surface area contributed by atoms with Crippen molar-refractivity contribution < 1.29 is 4.74 Å². The minimum absolute atomic E-state index is 0.241. The summed E-state index contributed by atoms with van der Waals surface area (Å²) < 4.78 is 6.00. The predicted octanol–water partition coefficient (Wildman–Crippen LogP) is 1.69. The monoisotopic (exact) mass is 283 g/mol. The SMILES string of the molecule is CCN1CCOC(CN(CC)C2(CN)CCCCC2)C1. The molecule has 1 aliphatic carbocycles. The molecular weight excluding hydrogens is 250 g/mol. The molecule has 2 fully saturated rings. The summed E-state index contributed by atoms with van der Waals surface area (Å²) in [5.41, 5.74) is 6.42. The lowest BCUT2D eigenvalue weighted by Gasteiger charge is -2.47. The molecule has 20 heavy (non-hydrogen) atoms. The molecule has 1 unspecified atom stereocenters. The van der Waals surface area contributed by atoms with Crippen molar-refractivity contribution in [3.63, 3.8) is 0 Å². The van der Waals surface area contributed by atoms with Crippen LogP contribution in [0.15, 0.2) is 0 Å². The molecule has 0 aromatic carbocycles. The van der Waals surface area contributed by atoms with Gasteiger partial charge in [0.05, 0.1) is 12.7 Å². The fourth-order valence-corrected chi connectivity index (χ4v) is 3.94. The van der Waals surface area contributed by atoms with Gasteiger partial charge in [-0.05, 0) is 25.9 Å². The van der Waals surface area contributed by atoms with Crippen LogP contribution in [0.2, 0.25) is 0 Å². The maximum atomic E-state index is 6.18. The van der Waals surface area contributed by atoms with E-state index < -0.39 is 0 Å². The van der Waals surface area contributed by atoms with Crippen molar-refractivity contribution in [3.8, 4) is 0 Å². The number of hydrogen-bond acceptors (Lipinski definition) is 4. The van der Waals surface area contributed by atoms with Crippen molar-refractivity contribution in [2.75, 3.05) is 45.9 Å². The van der Waals surface area contributed by atoms with Crippen molar-refractivity contribution in [2.45, 2.75) is 57.6 Å². The van der Waals surface area contributed by atoms with Crippen LogP contribution in [0.5, 0.6) is 0 Å². The molecule has 0 amide bonds. The second-order valence-electron chi connectivity index (χ2n) is 6.41. The summed E-state index contributed by atoms with van der Waals surface area (Å²) in [6.45, 7) is 11.6. The van der Waals surface area contributed by atoms with Crippen molar-refractivity contribution in [3.05, 3.63) is 0 Å². The summed E-state index contributed by atoms with van der Waals surface area (Å²) in [4.78, 5) is 5.12. The van der Waals surface area contributed by atoms with Gasteiger partial charge in [-0.2, -0.15) is 0 Å². The Morgan fingerprint density at radius 1 is 1.25 bits per heavy atom. The van der Waals surface area contributed by atoms with E-state index in [2.05, 4.69) is 23.6 Å². The maximum absolute atomic E-state index is 6.18. The first kappa shape index (κ1) is 16.2. The van der Waals surface area contributed by atoms with Crippen LogP contribution >= 0.6 is 0 Å². The van der Waals surface area contributed by atoms with Crippen molar-refractivity contribution in [1.82, 2.24) is 9.80 Å². The van der Waals surface area contributed by atoms with Crippen LogP contribution in [-0.2, 0) is 4.74 Å². The minimum Gasteiger partial charge on any atom is -0.374 e. The molecule has 118 valence electrons. The van der Waals surface area contributed by atoms with Gasteiger partial charge in [0.25, 0.3) is 0 Å². The van der Waals surface area contributed by atoms with E-state index >= 15 is 0 Å². The minimum atomic E-state index is 0.241. The summed E-state index contributed by atoms with van der Waals surface area (Å²) in [6, 6.07) is 0. The first-order chi connectivity index (χ1) is 9.74. The zero-order valence-corrected chi connectivity index (χ0v) is 13.4. The molecule has 2 N–H and O–H groups in total. The van der Waals surface area contributed by atoms with Gasteiger partial charge in [0.15, 0.2) is 0 Å². The van der Waals surface area contributed by atoms with Gasteiger partial charge in [-0.3, -0.25) is 9.80 Å². The van der Waals surface area contributed by atoms with E-state index in [1.165, 1.54) is 32.1 Å². The van der Waals surface area contributed by atoms with Crippen LogP contribution in [0.1, 0.15) is 46.0 Å². The van der Waals surface area contributed by atoms with Gasteiger partial charge in [0.2, 0.25) is 0 Å². The molecule has 0 aromatic heterocycles. The van der Waals surface area contributed by atoms with Crippen LogP contribution in [-0.4, -0.2) is 67.3 Å². The Bertz CT molecular complexity index is 279. The van der Waals surface area contributed by atoms with E-state index in [1.807, 2.05) is 0 Å². The van der Waals surface area contributed by atoms with E-state index in [4.69, 9.17) is 10.5 Å². The van der Waals surface area contributed by atoms with Gasteiger partial charge < -0.3 is 10.5 Å². The second-order valence-corrected chi connectivity index (χ2v) is 6.41. The van der Waals surface area contributed by atoms with Crippen molar-refractivity contribution in [2.24, 2.45) is 5.73 Å². The molecule has 2 rings (SSSR count). The number of nitrogens with two attached hydrogens (primary N) is 1. The Balaban J connectivity index is 1.96. The van der Waals surface area contributed by atoms with E-state index in [9.17, 15) is 0 Å². The number of hydrogen-bond donors (Lipinski definition) is 1. The van der Waals surface area contributed by atoms with Gasteiger partial charge in [0, 0.05) is 31.7 Å². The zero-order chi connectivity index (χ0) is 14.4. The number of ether oxygens (including phenoxy) is 1. The summed E-state index contributed by atoms with van der Waals surface area (Å²) in [7, 11) is 0. The Hall–Kier alpha value is -0.160. The van der Waals surface area contributed by atoms with Crippen molar-refractivity contribution >= 4 is 0 Å². The quantitative estimate of drug-likeness (QED) is 0.805. The number of nitrogens with zero attached hydrogens (tertiary/aromatic N) is 2. The first-order valence-corrected chi connectivity index (χ1v) is 8.53. The standard InChI is InChI=1S/C16H33N3O/c1-3-18-10-11-20-15(12-18)13-19(4-2)16(14-17)8-6-5-7-9-16/h15H,3-14,17H2,1-2H3. The third-order valence-corrected chi connectivity index (χ3v) is 5.31. The van der Waals surface area contributed by atoms with Crippen LogP contribution < -0.4 is 5.73 Å². The predicted molar refractivity (Wildman–Crippen MR) is 84.0 cm³/mol. The molecule has 1 saturated heterocycles. The molecule has 1 heterocycles. The Labute approximate surface area is 124 Å². The molecule has 4 heteroatoms. The highest BCUT2D eigenvalue weighted by Crippen LogP contribution is 2.33. The van der Waals surface area contributed by atoms with E-state index in [-0.39, 0.29) is 5.54 Å². The Morgan fingerprint density at radius 2 is 2.00 bits per heavy atom. The van der Waals surface area contributed by atoms with E-state index in [0.717, 1.165) is 45.9 Å². The third-order valence-electron chi connectivity index (χ3n) is 5.31. The Kier molecular flexibility index (Phi) is 6.27. The van der Waals surface area contributed by atoms with Crippen LogP contribution in [0.3, 0.4) is 0 Å². The highest BCUT2D eigenvalue weighted by molar-refractivity contribution is 4.95. The first-order valence-electron chi connectivity index (χ1n) is 8.53. The normalized spacial score (nSPS) is 27.9. The topological polar surface area (TPSA) is 41.7 Å². The van der Waals surface area contributed by atoms with Gasteiger partial charge in [-0.1, -0.05) is 33.1 Å². The lowest BCUT2D eigenvalue weighted by atomic mass is 9.80. The Morgan fingerprint density at radius 3 is 2.60 bits per heavy atom. The average molecular weight is 283 g/mol. The van der Waals surface area contributed by atoms with Crippen molar-refractivity contribution in [1.29, 1.82) is 0 Å². The highest BCUT2D eigenvalue weighted by Gasteiger charge is 2.37. The van der Waals surface area contributed by atoms with E-state index in [1.54, 1.807) is 0 Å². The molecule has 0 radical (unpaired) electrons. The zero-order valence-electron chi connectivity index (χ0n) is 13.4.